The molecule has 0 bridgehead atoms. The molecule has 1 rings (SSSR count). The summed E-state index contributed by atoms with van der Waals surface area (Å²) in [6.45, 7) is 4.13. The third kappa shape index (κ3) is 3.03. The summed E-state index contributed by atoms with van der Waals surface area (Å²) in [5, 5.41) is 2.81. The summed E-state index contributed by atoms with van der Waals surface area (Å²) in [6.07, 6.45) is 2.34. The van der Waals surface area contributed by atoms with Gasteiger partial charge in [0.1, 0.15) is 5.60 Å². The van der Waals surface area contributed by atoms with Crippen LogP contribution in [0.5, 0.6) is 0 Å². The molecule has 0 radical (unpaired) electrons. The van der Waals surface area contributed by atoms with Crippen LogP contribution in [0.25, 0.3) is 0 Å². The van der Waals surface area contributed by atoms with Gasteiger partial charge in [-0.15, -0.1) is 0 Å². The maximum absolute atomic E-state index is 11.8. The number of carbonyl (C=O) groups is 1. The maximum Gasteiger partial charge on any atom is 0.252 e. The van der Waals surface area contributed by atoms with Gasteiger partial charge in [-0.25, -0.2) is 0 Å². The fourth-order valence-electron chi connectivity index (χ4n) is 1.26. The molecule has 16 heavy (non-hydrogen) atoms. The van der Waals surface area contributed by atoms with Gasteiger partial charge in [-0.05, 0) is 25.5 Å². The summed E-state index contributed by atoms with van der Waals surface area (Å²) in [4.78, 5) is 16.0. The Morgan fingerprint density at radius 2 is 2.31 bits per heavy atom. The van der Waals surface area contributed by atoms with Crippen LogP contribution in [0.2, 0.25) is 0 Å². The van der Waals surface area contributed by atoms with Crippen LogP contribution in [0.15, 0.2) is 24.4 Å². The molecule has 0 fully saturated rings. The van der Waals surface area contributed by atoms with Crippen LogP contribution >= 0.6 is 0 Å². The van der Waals surface area contributed by atoms with E-state index in [0.717, 1.165) is 5.69 Å². The molecule has 1 heterocycles. The Balaban J connectivity index is 2.53. The first kappa shape index (κ1) is 12.6. The minimum Gasteiger partial charge on any atom is -0.369 e. The first-order valence-corrected chi connectivity index (χ1v) is 5.35. The zero-order valence-electron chi connectivity index (χ0n) is 9.99. The fraction of sp³-hybridized carbons (Fsp3) is 0.500. The van der Waals surface area contributed by atoms with Crippen molar-refractivity contribution < 1.29 is 9.53 Å². The number of carbonyl (C=O) groups excluding carboxylic acids is 1. The quantitative estimate of drug-likeness (QED) is 0.821. The molecule has 1 unspecified atom stereocenters. The number of hydrogen-bond donors (Lipinski definition) is 1. The lowest BCUT2D eigenvalue weighted by molar-refractivity contribution is -0.142. The second kappa shape index (κ2) is 5.61. The van der Waals surface area contributed by atoms with E-state index in [1.807, 2.05) is 25.1 Å². The van der Waals surface area contributed by atoms with Gasteiger partial charge < -0.3 is 10.1 Å². The van der Waals surface area contributed by atoms with Crippen molar-refractivity contribution in [1.29, 1.82) is 0 Å². The van der Waals surface area contributed by atoms with Crippen LogP contribution in [0.4, 0.5) is 0 Å². The normalized spacial score (nSPS) is 14.2. The second-order valence-corrected chi connectivity index (χ2v) is 3.79. The highest BCUT2D eigenvalue weighted by atomic mass is 16.5. The van der Waals surface area contributed by atoms with Crippen molar-refractivity contribution in [1.82, 2.24) is 10.3 Å². The van der Waals surface area contributed by atoms with Gasteiger partial charge in [-0.3, -0.25) is 9.78 Å². The van der Waals surface area contributed by atoms with Crippen LogP contribution in [-0.4, -0.2) is 23.6 Å². The highest BCUT2D eigenvalue weighted by Gasteiger charge is 2.30. The molecule has 0 saturated carbocycles. The Kier molecular flexibility index (Phi) is 4.43. The zero-order valence-corrected chi connectivity index (χ0v) is 9.99. The average Bonchev–Trinajstić information content (AvgIpc) is 2.36. The van der Waals surface area contributed by atoms with Gasteiger partial charge in [0.2, 0.25) is 0 Å². The van der Waals surface area contributed by atoms with E-state index in [-0.39, 0.29) is 5.91 Å². The molecular weight excluding hydrogens is 204 g/mol. The number of aromatic nitrogens is 1. The largest absolute Gasteiger partial charge is 0.369 e. The van der Waals surface area contributed by atoms with E-state index < -0.39 is 5.60 Å². The summed E-state index contributed by atoms with van der Waals surface area (Å²) in [5.41, 5.74) is 0.0832. The van der Waals surface area contributed by atoms with Crippen molar-refractivity contribution in [2.75, 3.05) is 7.11 Å². The molecule has 0 aromatic carbocycles. The number of amides is 1. The van der Waals surface area contributed by atoms with E-state index in [0.29, 0.717) is 13.0 Å². The Labute approximate surface area is 96.0 Å². The van der Waals surface area contributed by atoms with Crippen LogP contribution in [0, 0.1) is 0 Å². The van der Waals surface area contributed by atoms with Crippen molar-refractivity contribution in [3.63, 3.8) is 0 Å². The van der Waals surface area contributed by atoms with Gasteiger partial charge >= 0.3 is 0 Å². The first-order chi connectivity index (χ1) is 7.62. The van der Waals surface area contributed by atoms with Crippen LogP contribution < -0.4 is 5.32 Å². The summed E-state index contributed by atoms with van der Waals surface area (Å²) in [7, 11) is 1.55. The number of ether oxygens (including phenoxy) is 1. The number of methoxy groups -OCH3 is 1. The Morgan fingerprint density at radius 1 is 1.56 bits per heavy atom. The Bertz CT molecular complexity index is 334. The predicted octanol–water partition coefficient (Wildman–Crippen LogP) is 1.51. The highest BCUT2D eigenvalue weighted by Crippen LogP contribution is 2.13. The van der Waals surface area contributed by atoms with Crippen molar-refractivity contribution >= 4 is 5.91 Å². The van der Waals surface area contributed by atoms with Crippen LogP contribution in [-0.2, 0) is 16.1 Å². The number of nitrogens with zero attached hydrogens (tertiary/aromatic N) is 1. The molecule has 0 aliphatic heterocycles. The third-order valence-corrected chi connectivity index (χ3v) is 2.76. The number of hydrogen-bond acceptors (Lipinski definition) is 3. The van der Waals surface area contributed by atoms with Gasteiger partial charge in [-0.2, -0.15) is 0 Å². The molecule has 1 atom stereocenters. The van der Waals surface area contributed by atoms with Crippen molar-refractivity contribution in [2.24, 2.45) is 0 Å². The molecule has 88 valence electrons. The third-order valence-electron chi connectivity index (χ3n) is 2.76. The molecule has 0 spiro atoms. The SMILES string of the molecule is CCC(C)(OC)C(=O)NCc1ccccn1. The zero-order chi connectivity index (χ0) is 12.0. The topological polar surface area (TPSA) is 51.2 Å². The minimum atomic E-state index is -0.755. The summed E-state index contributed by atoms with van der Waals surface area (Å²) < 4.78 is 5.20. The smallest absolute Gasteiger partial charge is 0.252 e. The molecule has 0 saturated heterocycles. The van der Waals surface area contributed by atoms with Crippen molar-refractivity contribution in [2.45, 2.75) is 32.4 Å². The van der Waals surface area contributed by atoms with Crippen molar-refractivity contribution in [3.05, 3.63) is 30.1 Å². The molecular formula is C12H18N2O2. The monoisotopic (exact) mass is 222 g/mol. The number of pyridine rings is 1. The standard InChI is InChI=1S/C12H18N2O2/c1-4-12(2,16-3)11(15)14-9-10-7-5-6-8-13-10/h5-8H,4,9H2,1-3H3,(H,14,15). The number of nitrogens with one attached hydrogen (secondary N) is 1. The van der Waals surface area contributed by atoms with E-state index >= 15 is 0 Å². The molecule has 1 N–H and O–H groups in total. The van der Waals surface area contributed by atoms with E-state index in [1.54, 1.807) is 20.2 Å². The van der Waals surface area contributed by atoms with E-state index in [4.69, 9.17) is 4.74 Å². The lowest BCUT2D eigenvalue weighted by Crippen LogP contribution is -2.45. The molecule has 4 heteroatoms. The van der Waals surface area contributed by atoms with Crippen molar-refractivity contribution in [3.8, 4) is 0 Å². The molecule has 1 aromatic heterocycles. The average molecular weight is 222 g/mol. The van der Waals surface area contributed by atoms with Gasteiger partial charge in [-0.1, -0.05) is 13.0 Å². The first-order valence-electron chi connectivity index (χ1n) is 5.35. The maximum atomic E-state index is 11.8. The Morgan fingerprint density at radius 3 is 2.81 bits per heavy atom. The van der Waals surface area contributed by atoms with E-state index in [1.165, 1.54) is 0 Å². The highest BCUT2D eigenvalue weighted by molar-refractivity contribution is 5.84. The molecule has 1 aromatic rings. The van der Waals surface area contributed by atoms with Gasteiger partial charge in [0, 0.05) is 13.3 Å². The van der Waals surface area contributed by atoms with E-state index in [9.17, 15) is 4.79 Å². The van der Waals surface area contributed by atoms with Crippen LogP contribution in [0.3, 0.4) is 0 Å². The van der Waals surface area contributed by atoms with Gasteiger partial charge in [0.05, 0.1) is 12.2 Å². The van der Waals surface area contributed by atoms with Gasteiger partial charge in [0.25, 0.3) is 5.91 Å². The van der Waals surface area contributed by atoms with E-state index in [2.05, 4.69) is 10.3 Å². The molecule has 0 aliphatic rings. The second-order valence-electron chi connectivity index (χ2n) is 3.79. The lowest BCUT2D eigenvalue weighted by Gasteiger charge is -2.25. The molecule has 1 amide bonds. The predicted molar refractivity (Wildman–Crippen MR) is 61.8 cm³/mol. The summed E-state index contributed by atoms with van der Waals surface area (Å²) in [6, 6.07) is 5.61. The van der Waals surface area contributed by atoms with Crippen LogP contribution in [0.1, 0.15) is 26.0 Å². The Hall–Kier alpha value is -1.42. The fourth-order valence-corrected chi connectivity index (χ4v) is 1.26. The summed E-state index contributed by atoms with van der Waals surface area (Å²) >= 11 is 0. The molecule has 0 aliphatic carbocycles. The summed E-state index contributed by atoms with van der Waals surface area (Å²) in [5.74, 6) is -0.108. The number of rotatable bonds is 5. The minimum absolute atomic E-state index is 0.108. The van der Waals surface area contributed by atoms with Gasteiger partial charge in [0.15, 0.2) is 0 Å². The lowest BCUT2D eigenvalue weighted by atomic mass is 10.0. The molecule has 4 nitrogen and oxygen atoms in total.